The molecule has 0 bridgehead atoms. The van der Waals surface area contributed by atoms with E-state index in [2.05, 4.69) is 33.7 Å². The lowest BCUT2D eigenvalue weighted by molar-refractivity contribution is 0.157. The maximum atomic E-state index is 4.40. The zero-order valence-electron chi connectivity index (χ0n) is 10.3. The van der Waals surface area contributed by atoms with E-state index < -0.39 is 0 Å². The lowest BCUT2D eigenvalue weighted by Crippen LogP contribution is -2.43. The van der Waals surface area contributed by atoms with Crippen LogP contribution in [0.15, 0.2) is 12.4 Å². The monoisotopic (exact) mass is 222 g/mol. The highest BCUT2D eigenvalue weighted by Gasteiger charge is 2.20. The third-order valence-electron chi connectivity index (χ3n) is 3.50. The summed E-state index contributed by atoms with van der Waals surface area (Å²) in [5, 5.41) is 3.42. The van der Waals surface area contributed by atoms with Crippen LogP contribution in [0.3, 0.4) is 0 Å². The van der Waals surface area contributed by atoms with Gasteiger partial charge in [-0.3, -0.25) is 4.90 Å². The Morgan fingerprint density at radius 2 is 2.25 bits per heavy atom. The Labute approximate surface area is 97.7 Å². The topological polar surface area (TPSA) is 33.1 Å². The van der Waals surface area contributed by atoms with Crippen molar-refractivity contribution < 1.29 is 0 Å². The molecule has 0 unspecified atom stereocenters. The van der Waals surface area contributed by atoms with Gasteiger partial charge in [-0.1, -0.05) is 6.92 Å². The number of imidazole rings is 1. The van der Waals surface area contributed by atoms with Crippen molar-refractivity contribution in [2.24, 2.45) is 7.05 Å². The first-order valence-electron chi connectivity index (χ1n) is 6.22. The molecule has 0 radical (unpaired) electrons. The SMILES string of the molecule is CCN(Cc1nccn1C)C1CCNCC1. The molecule has 16 heavy (non-hydrogen) atoms. The summed E-state index contributed by atoms with van der Waals surface area (Å²) >= 11 is 0. The van der Waals surface area contributed by atoms with Gasteiger partial charge in [0.15, 0.2) is 0 Å². The maximum absolute atomic E-state index is 4.40. The number of hydrogen-bond acceptors (Lipinski definition) is 3. The number of hydrogen-bond donors (Lipinski definition) is 1. The minimum absolute atomic E-state index is 0.725. The van der Waals surface area contributed by atoms with Crippen molar-refractivity contribution in [3.63, 3.8) is 0 Å². The zero-order chi connectivity index (χ0) is 11.4. The van der Waals surface area contributed by atoms with E-state index in [4.69, 9.17) is 0 Å². The van der Waals surface area contributed by atoms with E-state index in [-0.39, 0.29) is 0 Å². The van der Waals surface area contributed by atoms with Gasteiger partial charge in [0, 0.05) is 25.5 Å². The highest BCUT2D eigenvalue weighted by atomic mass is 15.2. The normalized spacial score (nSPS) is 18.2. The first-order valence-corrected chi connectivity index (χ1v) is 6.22. The molecule has 1 N–H and O–H groups in total. The molecule has 0 aromatic carbocycles. The number of aromatic nitrogens is 2. The van der Waals surface area contributed by atoms with Crippen molar-refractivity contribution in [3.05, 3.63) is 18.2 Å². The molecule has 1 aliphatic heterocycles. The molecule has 1 aliphatic rings. The molecule has 2 heterocycles. The third kappa shape index (κ3) is 2.62. The third-order valence-corrected chi connectivity index (χ3v) is 3.50. The van der Waals surface area contributed by atoms with Crippen LogP contribution in [-0.2, 0) is 13.6 Å². The highest BCUT2D eigenvalue weighted by molar-refractivity contribution is 4.92. The van der Waals surface area contributed by atoms with Gasteiger partial charge in [-0.05, 0) is 32.5 Å². The van der Waals surface area contributed by atoms with Crippen LogP contribution in [-0.4, -0.2) is 40.1 Å². The molecule has 2 rings (SSSR count). The van der Waals surface area contributed by atoms with Crippen LogP contribution in [0.1, 0.15) is 25.6 Å². The lowest BCUT2D eigenvalue weighted by Gasteiger charge is -2.33. The maximum Gasteiger partial charge on any atom is 0.122 e. The van der Waals surface area contributed by atoms with Crippen LogP contribution in [0, 0.1) is 0 Å². The molecule has 1 aromatic rings. The average molecular weight is 222 g/mol. The molecule has 1 saturated heterocycles. The van der Waals surface area contributed by atoms with Crippen LogP contribution in [0.4, 0.5) is 0 Å². The molecular formula is C12H22N4. The summed E-state index contributed by atoms with van der Waals surface area (Å²) in [4.78, 5) is 6.95. The van der Waals surface area contributed by atoms with Crippen LogP contribution < -0.4 is 5.32 Å². The van der Waals surface area contributed by atoms with Gasteiger partial charge in [0.2, 0.25) is 0 Å². The van der Waals surface area contributed by atoms with Crippen molar-refractivity contribution in [2.45, 2.75) is 32.4 Å². The molecule has 1 fully saturated rings. The second kappa shape index (κ2) is 5.46. The Bertz CT molecular complexity index is 315. The van der Waals surface area contributed by atoms with Gasteiger partial charge in [-0.15, -0.1) is 0 Å². The van der Waals surface area contributed by atoms with E-state index in [1.54, 1.807) is 0 Å². The predicted octanol–water partition coefficient (Wildman–Crippen LogP) is 0.994. The average Bonchev–Trinajstić information content (AvgIpc) is 2.73. The molecule has 0 aliphatic carbocycles. The first kappa shape index (κ1) is 11.6. The summed E-state index contributed by atoms with van der Waals surface area (Å²) in [6.45, 7) is 6.64. The fourth-order valence-corrected chi connectivity index (χ4v) is 2.40. The van der Waals surface area contributed by atoms with E-state index in [0.29, 0.717) is 0 Å². The smallest absolute Gasteiger partial charge is 0.122 e. The van der Waals surface area contributed by atoms with E-state index in [0.717, 1.165) is 32.2 Å². The molecule has 90 valence electrons. The summed E-state index contributed by atoms with van der Waals surface area (Å²) in [7, 11) is 2.07. The summed E-state index contributed by atoms with van der Waals surface area (Å²) in [6, 6.07) is 0.725. The summed E-state index contributed by atoms with van der Waals surface area (Å²) in [5.41, 5.74) is 0. The van der Waals surface area contributed by atoms with Gasteiger partial charge in [-0.2, -0.15) is 0 Å². The van der Waals surface area contributed by atoms with E-state index in [1.807, 2.05) is 12.4 Å². The Kier molecular flexibility index (Phi) is 3.96. The first-order chi connectivity index (χ1) is 7.81. The molecular weight excluding hydrogens is 200 g/mol. The molecule has 0 amide bonds. The fraction of sp³-hybridized carbons (Fsp3) is 0.750. The Balaban J connectivity index is 1.97. The van der Waals surface area contributed by atoms with Crippen LogP contribution in [0.25, 0.3) is 0 Å². The van der Waals surface area contributed by atoms with E-state index >= 15 is 0 Å². The zero-order valence-corrected chi connectivity index (χ0v) is 10.3. The number of nitrogens with one attached hydrogen (secondary N) is 1. The quantitative estimate of drug-likeness (QED) is 0.825. The van der Waals surface area contributed by atoms with Crippen molar-refractivity contribution in [2.75, 3.05) is 19.6 Å². The minimum Gasteiger partial charge on any atom is -0.337 e. The highest BCUT2D eigenvalue weighted by Crippen LogP contribution is 2.14. The molecule has 4 nitrogen and oxygen atoms in total. The van der Waals surface area contributed by atoms with Crippen LogP contribution in [0.5, 0.6) is 0 Å². The summed E-state index contributed by atoms with van der Waals surface area (Å²) < 4.78 is 2.11. The van der Waals surface area contributed by atoms with E-state index in [1.165, 1.54) is 18.7 Å². The Morgan fingerprint density at radius 3 is 2.81 bits per heavy atom. The second-order valence-electron chi connectivity index (χ2n) is 4.50. The van der Waals surface area contributed by atoms with Crippen molar-refractivity contribution in [1.29, 1.82) is 0 Å². The Morgan fingerprint density at radius 1 is 1.50 bits per heavy atom. The minimum atomic E-state index is 0.725. The molecule has 1 aromatic heterocycles. The van der Waals surface area contributed by atoms with Gasteiger partial charge >= 0.3 is 0 Å². The number of nitrogens with zero attached hydrogens (tertiary/aromatic N) is 3. The molecule has 0 atom stereocenters. The van der Waals surface area contributed by atoms with Crippen molar-refractivity contribution >= 4 is 0 Å². The standard InChI is InChI=1S/C12H22N4/c1-3-16(11-4-6-13-7-5-11)10-12-14-8-9-15(12)2/h8-9,11,13H,3-7,10H2,1-2H3. The van der Waals surface area contributed by atoms with Crippen molar-refractivity contribution in [1.82, 2.24) is 19.8 Å². The largest absolute Gasteiger partial charge is 0.337 e. The summed E-state index contributed by atoms with van der Waals surface area (Å²) in [5.74, 6) is 1.17. The van der Waals surface area contributed by atoms with Gasteiger partial charge < -0.3 is 9.88 Å². The molecule has 4 heteroatoms. The molecule has 0 saturated carbocycles. The number of piperidine rings is 1. The lowest BCUT2D eigenvalue weighted by atomic mass is 10.0. The predicted molar refractivity (Wildman–Crippen MR) is 65.2 cm³/mol. The Hall–Kier alpha value is -0.870. The fourth-order valence-electron chi connectivity index (χ4n) is 2.40. The van der Waals surface area contributed by atoms with Crippen molar-refractivity contribution in [3.8, 4) is 0 Å². The van der Waals surface area contributed by atoms with Gasteiger partial charge in [0.25, 0.3) is 0 Å². The second-order valence-corrected chi connectivity index (χ2v) is 4.50. The van der Waals surface area contributed by atoms with Crippen LogP contribution >= 0.6 is 0 Å². The van der Waals surface area contributed by atoms with Gasteiger partial charge in [0.05, 0.1) is 6.54 Å². The van der Waals surface area contributed by atoms with Crippen LogP contribution in [0.2, 0.25) is 0 Å². The summed E-state index contributed by atoms with van der Waals surface area (Å²) in [6.07, 6.45) is 6.42. The number of aryl methyl sites for hydroxylation is 1. The van der Waals surface area contributed by atoms with E-state index in [9.17, 15) is 0 Å². The number of rotatable bonds is 4. The van der Waals surface area contributed by atoms with Gasteiger partial charge in [-0.25, -0.2) is 4.98 Å². The van der Waals surface area contributed by atoms with Gasteiger partial charge in [0.1, 0.15) is 5.82 Å². The molecule has 0 spiro atoms.